The largest absolute Gasteiger partial charge is 0.479 e. The van der Waals surface area contributed by atoms with Gasteiger partial charge in [-0.15, -0.1) is 0 Å². The topological polar surface area (TPSA) is 99.1 Å². The van der Waals surface area contributed by atoms with Crippen LogP contribution in [0, 0.1) is 0 Å². The first-order chi connectivity index (χ1) is 7.65. The summed E-state index contributed by atoms with van der Waals surface area (Å²) >= 11 is 0. The van der Waals surface area contributed by atoms with Crippen LogP contribution in [0.3, 0.4) is 0 Å². The second-order valence-corrected chi connectivity index (χ2v) is 3.62. The Kier molecular flexibility index (Phi) is 5.00. The number of nitrogens with one attached hydrogen (secondary N) is 1. The molecule has 92 valence electrons. The summed E-state index contributed by atoms with van der Waals surface area (Å²) in [6, 6.07) is -0.706. The van der Waals surface area contributed by atoms with Gasteiger partial charge in [-0.1, -0.05) is 0 Å². The van der Waals surface area contributed by atoms with E-state index in [1.54, 1.807) is 0 Å². The molecule has 0 bridgehead atoms. The van der Waals surface area contributed by atoms with Gasteiger partial charge >= 0.3 is 12.0 Å². The van der Waals surface area contributed by atoms with Crippen molar-refractivity contribution in [2.45, 2.75) is 25.3 Å². The molecule has 0 spiro atoms. The summed E-state index contributed by atoms with van der Waals surface area (Å²) in [4.78, 5) is 27.6. The van der Waals surface area contributed by atoms with Gasteiger partial charge < -0.3 is 15.1 Å². The summed E-state index contributed by atoms with van der Waals surface area (Å²) in [6.45, 7) is -0.122. The quantitative estimate of drug-likeness (QED) is 0.571. The highest BCUT2D eigenvalue weighted by molar-refractivity contribution is 5.74. The van der Waals surface area contributed by atoms with E-state index in [1.807, 2.05) is 5.48 Å². The van der Waals surface area contributed by atoms with Crippen LogP contribution in [0.5, 0.6) is 0 Å². The number of amides is 2. The number of likely N-dealkylation sites (tertiary alicyclic amines) is 1. The number of carboxylic acids is 1. The maximum Gasteiger partial charge on any atom is 0.341 e. The van der Waals surface area contributed by atoms with Crippen LogP contribution in [0.25, 0.3) is 0 Å². The molecule has 0 aromatic rings. The van der Waals surface area contributed by atoms with Crippen LogP contribution in [0.1, 0.15) is 19.3 Å². The van der Waals surface area contributed by atoms with Crippen LogP contribution in [0.2, 0.25) is 0 Å². The monoisotopic (exact) mass is 232 g/mol. The lowest BCUT2D eigenvalue weighted by atomic mass is 10.0. The normalized spacial score (nSPS) is 20.6. The molecule has 3 N–H and O–H groups in total. The Hall–Kier alpha value is -1.34. The van der Waals surface area contributed by atoms with Crippen LogP contribution in [0.4, 0.5) is 4.79 Å². The second-order valence-electron chi connectivity index (χ2n) is 3.62. The molecule has 1 aliphatic heterocycles. The highest BCUT2D eigenvalue weighted by atomic mass is 16.7. The fraction of sp³-hybridized carbons (Fsp3) is 0.778. The van der Waals surface area contributed by atoms with E-state index in [4.69, 9.17) is 10.2 Å². The molecule has 0 aromatic carbocycles. The van der Waals surface area contributed by atoms with Crippen LogP contribution in [-0.2, 0) is 9.63 Å². The van der Waals surface area contributed by atoms with E-state index in [0.717, 1.165) is 19.3 Å². The lowest BCUT2D eigenvalue weighted by molar-refractivity contribution is -0.144. The predicted octanol–water partition coefficient (Wildman–Crippen LogP) is -0.441. The average Bonchev–Trinajstić information content (AvgIpc) is 2.28. The van der Waals surface area contributed by atoms with Crippen molar-refractivity contribution in [3.63, 3.8) is 0 Å². The number of carbonyl (C=O) groups is 2. The number of aliphatic hydroxyl groups is 1. The Morgan fingerprint density at radius 3 is 2.81 bits per heavy atom. The predicted molar refractivity (Wildman–Crippen MR) is 53.6 cm³/mol. The number of piperidine rings is 1. The fourth-order valence-corrected chi connectivity index (χ4v) is 1.68. The lowest BCUT2D eigenvalue weighted by Gasteiger charge is -2.34. The number of carboxylic acid groups (broad SMARTS) is 1. The lowest BCUT2D eigenvalue weighted by Crippen LogP contribution is -2.50. The number of hydrogen-bond acceptors (Lipinski definition) is 4. The molecule has 1 rings (SSSR count). The summed E-state index contributed by atoms with van der Waals surface area (Å²) in [6.07, 6.45) is 2.61. The molecule has 1 saturated heterocycles. The van der Waals surface area contributed by atoms with Crippen LogP contribution < -0.4 is 5.48 Å². The molecular weight excluding hydrogens is 216 g/mol. The van der Waals surface area contributed by atoms with Crippen LogP contribution >= 0.6 is 0 Å². The van der Waals surface area contributed by atoms with Gasteiger partial charge in [0.2, 0.25) is 0 Å². The third-order valence-electron chi connectivity index (χ3n) is 2.45. The van der Waals surface area contributed by atoms with Crippen molar-refractivity contribution in [3.05, 3.63) is 0 Å². The molecule has 0 aliphatic carbocycles. The number of aliphatic hydroxyl groups excluding tert-OH is 1. The zero-order valence-electron chi connectivity index (χ0n) is 8.89. The van der Waals surface area contributed by atoms with Crippen molar-refractivity contribution < 1.29 is 24.6 Å². The van der Waals surface area contributed by atoms with Crippen molar-refractivity contribution in [1.29, 1.82) is 0 Å². The van der Waals surface area contributed by atoms with Gasteiger partial charge in [0.15, 0.2) is 6.61 Å². The number of carbonyl (C=O) groups excluding carboxylic acids is 1. The first-order valence-electron chi connectivity index (χ1n) is 5.16. The Morgan fingerprint density at radius 2 is 2.19 bits per heavy atom. The molecule has 0 aromatic heterocycles. The first kappa shape index (κ1) is 12.7. The Labute approximate surface area is 92.9 Å². The van der Waals surface area contributed by atoms with Crippen molar-refractivity contribution in [1.82, 2.24) is 10.4 Å². The number of hydroxylamine groups is 1. The molecule has 1 fully saturated rings. The van der Waals surface area contributed by atoms with E-state index < -0.39 is 18.6 Å². The van der Waals surface area contributed by atoms with Gasteiger partial charge in [-0.3, -0.25) is 4.84 Å². The van der Waals surface area contributed by atoms with E-state index in [2.05, 4.69) is 4.84 Å². The summed E-state index contributed by atoms with van der Waals surface area (Å²) in [7, 11) is 0. The smallest absolute Gasteiger partial charge is 0.341 e. The third-order valence-corrected chi connectivity index (χ3v) is 2.45. The van der Waals surface area contributed by atoms with E-state index >= 15 is 0 Å². The Morgan fingerprint density at radius 1 is 1.44 bits per heavy atom. The number of rotatable bonds is 4. The van der Waals surface area contributed by atoms with Crippen molar-refractivity contribution in [2.24, 2.45) is 0 Å². The van der Waals surface area contributed by atoms with Crippen molar-refractivity contribution >= 4 is 12.0 Å². The SMILES string of the molecule is O=C(O)CONC(=O)N1CCCCC1CO. The number of aliphatic carboxylic acids is 1. The van der Waals surface area contributed by atoms with Crippen molar-refractivity contribution in [2.75, 3.05) is 19.8 Å². The fourth-order valence-electron chi connectivity index (χ4n) is 1.68. The summed E-state index contributed by atoms with van der Waals surface area (Å²) in [5.41, 5.74) is 2.04. The minimum Gasteiger partial charge on any atom is -0.479 e. The van der Waals surface area contributed by atoms with Gasteiger partial charge in [-0.2, -0.15) is 0 Å². The standard InChI is InChI=1S/C9H16N2O5/c12-5-7-3-1-2-4-11(7)9(15)10-16-6-8(13)14/h7,12H,1-6H2,(H,10,15)(H,13,14). The molecule has 16 heavy (non-hydrogen) atoms. The van der Waals surface area contributed by atoms with Crippen LogP contribution in [-0.4, -0.2) is 52.9 Å². The summed E-state index contributed by atoms with van der Waals surface area (Å²) in [5, 5.41) is 17.4. The molecule has 0 radical (unpaired) electrons. The van der Waals surface area contributed by atoms with Gasteiger partial charge in [-0.25, -0.2) is 15.1 Å². The van der Waals surface area contributed by atoms with Gasteiger partial charge in [0, 0.05) is 6.54 Å². The minimum absolute atomic E-state index is 0.0909. The number of hydrogen-bond donors (Lipinski definition) is 3. The average molecular weight is 232 g/mol. The third kappa shape index (κ3) is 3.67. The Bertz CT molecular complexity index is 258. The van der Waals surface area contributed by atoms with Gasteiger partial charge in [-0.05, 0) is 19.3 Å². The zero-order valence-corrected chi connectivity index (χ0v) is 8.89. The molecular formula is C9H16N2O5. The van der Waals surface area contributed by atoms with E-state index in [-0.39, 0.29) is 12.6 Å². The molecule has 1 atom stereocenters. The molecule has 7 heteroatoms. The summed E-state index contributed by atoms with van der Waals surface area (Å²) in [5.74, 6) is -1.15. The van der Waals surface area contributed by atoms with Gasteiger partial charge in [0.25, 0.3) is 0 Å². The maximum atomic E-state index is 11.5. The van der Waals surface area contributed by atoms with Gasteiger partial charge in [0.1, 0.15) is 0 Å². The number of urea groups is 1. The first-order valence-corrected chi connectivity index (χ1v) is 5.16. The van der Waals surface area contributed by atoms with Gasteiger partial charge in [0.05, 0.1) is 12.6 Å². The highest BCUT2D eigenvalue weighted by Gasteiger charge is 2.26. The zero-order chi connectivity index (χ0) is 12.0. The minimum atomic E-state index is -1.15. The van der Waals surface area contributed by atoms with Crippen LogP contribution in [0.15, 0.2) is 0 Å². The number of nitrogens with zero attached hydrogens (tertiary/aromatic N) is 1. The molecule has 0 saturated carbocycles. The molecule has 1 aliphatic rings. The Balaban J connectivity index is 2.35. The van der Waals surface area contributed by atoms with E-state index in [9.17, 15) is 9.59 Å². The molecule has 1 heterocycles. The van der Waals surface area contributed by atoms with E-state index in [0.29, 0.717) is 6.54 Å². The molecule has 1 unspecified atom stereocenters. The molecule has 7 nitrogen and oxygen atoms in total. The maximum absolute atomic E-state index is 11.5. The van der Waals surface area contributed by atoms with Crippen molar-refractivity contribution in [3.8, 4) is 0 Å². The second kappa shape index (κ2) is 6.29. The van der Waals surface area contributed by atoms with E-state index in [1.165, 1.54) is 4.90 Å². The molecule has 2 amide bonds. The highest BCUT2D eigenvalue weighted by Crippen LogP contribution is 2.16. The summed E-state index contributed by atoms with van der Waals surface area (Å²) < 4.78 is 0.